The standard InChI is InChI=1S/C18H29NS/c1-5-8-19-17-6-7-18(15(17)4)20-12-16-10-13(2)9-14(3)11-16/h9-11,15,17-19H,5-8,12H2,1-4H3. The molecule has 1 aromatic rings. The van der Waals surface area contributed by atoms with Gasteiger partial charge in [0.15, 0.2) is 0 Å². The number of hydrogen-bond acceptors (Lipinski definition) is 2. The lowest BCUT2D eigenvalue weighted by Gasteiger charge is -2.21. The molecule has 0 radical (unpaired) electrons. The third-order valence-electron chi connectivity index (χ3n) is 4.39. The van der Waals surface area contributed by atoms with Gasteiger partial charge in [0, 0.05) is 17.0 Å². The molecule has 0 aromatic heterocycles. The van der Waals surface area contributed by atoms with Crippen molar-refractivity contribution in [2.75, 3.05) is 6.54 Å². The van der Waals surface area contributed by atoms with E-state index in [0.717, 1.165) is 23.0 Å². The summed E-state index contributed by atoms with van der Waals surface area (Å²) in [6, 6.07) is 7.68. The molecule has 1 fully saturated rings. The Kier molecular flexibility index (Phi) is 5.98. The van der Waals surface area contributed by atoms with Crippen molar-refractivity contribution in [3.05, 3.63) is 34.9 Å². The maximum atomic E-state index is 3.71. The molecule has 2 heteroatoms. The van der Waals surface area contributed by atoms with Crippen LogP contribution in [0.4, 0.5) is 0 Å². The van der Waals surface area contributed by atoms with Crippen LogP contribution < -0.4 is 5.32 Å². The zero-order valence-corrected chi connectivity index (χ0v) is 14.2. The molecule has 0 amide bonds. The second kappa shape index (κ2) is 7.51. The summed E-state index contributed by atoms with van der Waals surface area (Å²) in [5.41, 5.74) is 4.27. The van der Waals surface area contributed by atoms with E-state index < -0.39 is 0 Å². The Morgan fingerprint density at radius 1 is 1.15 bits per heavy atom. The van der Waals surface area contributed by atoms with E-state index in [1.807, 2.05) is 0 Å². The zero-order chi connectivity index (χ0) is 14.5. The second-order valence-electron chi connectivity index (χ2n) is 6.34. The molecule has 3 unspecified atom stereocenters. The highest BCUT2D eigenvalue weighted by molar-refractivity contribution is 7.99. The molecule has 0 spiro atoms. The molecule has 1 nitrogen and oxygen atoms in total. The number of rotatable bonds is 6. The number of aryl methyl sites for hydroxylation is 2. The summed E-state index contributed by atoms with van der Waals surface area (Å²) >= 11 is 2.16. The van der Waals surface area contributed by atoms with Crippen molar-refractivity contribution in [3.63, 3.8) is 0 Å². The molecule has 1 aliphatic carbocycles. The molecular weight excluding hydrogens is 262 g/mol. The summed E-state index contributed by atoms with van der Waals surface area (Å²) < 4.78 is 0. The van der Waals surface area contributed by atoms with Crippen LogP contribution in [0.2, 0.25) is 0 Å². The Balaban J connectivity index is 1.85. The predicted octanol–water partition coefficient (Wildman–Crippen LogP) is 4.70. The van der Waals surface area contributed by atoms with Crippen molar-refractivity contribution >= 4 is 11.8 Å². The largest absolute Gasteiger partial charge is 0.314 e. The average Bonchev–Trinajstić information content (AvgIpc) is 2.74. The van der Waals surface area contributed by atoms with Gasteiger partial charge in [0.2, 0.25) is 0 Å². The van der Waals surface area contributed by atoms with E-state index >= 15 is 0 Å². The topological polar surface area (TPSA) is 12.0 Å². The van der Waals surface area contributed by atoms with Crippen LogP contribution in [0.5, 0.6) is 0 Å². The van der Waals surface area contributed by atoms with E-state index in [9.17, 15) is 0 Å². The van der Waals surface area contributed by atoms with Gasteiger partial charge < -0.3 is 5.32 Å². The van der Waals surface area contributed by atoms with Crippen molar-refractivity contribution in [2.24, 2.45) is 5.92 Å². The normalized spacial score (nSPS) is 26.1. The van der Waals surface area contributed by atoms with Crippen LogP contribution in [-0.4, -0.2) is 17.8 Å². The Labute approximate surface area is 128 Å². The van der Waals surface area contributed by atoms with Crippen LogP contribution in [0.3, 0.4) is 0 Å². The van der Waals surface area contributed by atoms with Crippen LogP contribution >= 0.6 is 11.8 Å². The van der Waals surface area contributed by atoms with Crippen molar-refractivity contribution < 1.29 is 0 Å². The molecule has 0 bridgehead atoms. The fourth-order valence-corrected chi connectivity index (χ4v) is 4.71. The summed E-state index contributed by atoms with van der Waals surface area (Å²) in [5, 5.41) is 4.54. The monoisotopic (exact) mass is 291 g/mol. The molecular formula is C18H29NS. The van der Waals surface area contributed by atoms with Gasteiger partial charge in [0.25, 0.3) is 0 Å². The van der Waals surface area contributed by atoms with Gasteiger partial charge >= 0.3 is 0 Å². The fraction of sp³-hybridized carbons (Fsp3) is 0.667. The van der Waals surface area contributed by atoms with E-state index in [0.29, 0.717) is 0 Å². The van der Waals surface area contributed by atoms with E-state index in [4.69, 9.17) is 0 Å². The molecule has 112 valence electrons. The average molecular weight is 292 g/mol. The number of nitrogens with one attached hydrogen (secondary N) is 1. The summed E-state index contributed by atoms with van der Waals surface area (Å²) in [6.45, 7) is 10.2. The van der Waals surface area contributed by atoms with Crippen LogP contribution in [0.1, 0.15) is 49.8 Å². The van der Waals surface area contributed by atoms with E-state index in [-0.39, 0.29) is 0 Å². The van der Waals surface area contributed by atoms with Crippen molar-refractivity contribution in [2.45, 2.75) is 64.0 Å². The third-order valence-corrected chi connectivity index (χ3v) is 5.98. The van der Waals surface area contributed by atoms with Crippen LogP contribution in [0.15, 0.2) is 18.2 Å². The smallest absolute Gasteiger partial charge is 0.0187 e. The lowest BCUT2D eigenvalue weighted by molar-refractivity contribution is 0.432. The van der Waals surface area contributed by atoms with Crippen molar-refractivity contribution in [3.8, 4) is 0 Å². The summed E-state index contributed by atoms with van der Waals surface area (Å²) in [6.07, 6.45) is 3.97. The minimum Gasteiger partial charge on any atom is -0.314 e. The molecule has 0 saturated heterocycles. The van der Waals surface area contributed by atoms with Crippen molar-refractivity contribution in [1.29, 1.82) is 0 Å². The molecule has 1 saturated carbocycles. The van der Waals surface area contributed by atoms with Gasteiger partial charge in [-0.25, -0.2) is 0 Å². The van der Waals surface area contributed by atoms with Crippen LogP contribution in [0.25, 0.3) is 0 Å². The number of benzene rings is 1. The third kappa shape index (κ3) is 4.26. The van der Waals surface area contributed by atoms with Crippen LogP contribution in [-0.2, 0) is 5.75 Å². The first-order valence-corrected chi connectivity index (χ1v) is 9.07. The predicted molar refractivity (Wildman–Crippen MR) is 91.5 cm³/mol. The first-order chi connectivity index (χ1) is 9.60. The maximum absolute atomic E-state index is 3.71. The highest BCUT2D eigenvalue weighted by atomic mass is 32.2. The van der Waals surface area contributed by atoms with Gasteiger partial charge in [0.05, 0.1) is 0 Å². The molecule has 1 aliphatic rings. The molecule has 20 heavy (non-hydrogen) atoms. The van der Waals surface area contributed by atoms with Gasteiger partial charge in [-0.15, -0.1) is 0 Å². The van der Waals surface area contributed by atoms with E-state index in [2.05, 4.69) is 63.0 Å². The van der Waals surface area contributed by atoms with Gasteiger partial charge in [-0.05, 0) is 51.1 Å². The zero-order valence-electron chi connectivity index (χ0n) is 13.4. The molecule has 0 aliphatic heterocycles. The fourth-order valence-electron chi connectivity index (χ4n) is 3.34. The second-order valence-corrected chi connectivity index (χ2v) is 7.57. The Morgan fingerprint density at radius 3 is 2.50 bits per heavy atom. The minimum absolute atomic E-state index is 0.742. The molecule has 1 aromatic carbocycles. The Hall–Kier alpha value is -0.470. The van der Waals surface area contributed by atoms with E-state index in [1.54, 1.807) is 0 Å². The van der Waals surface area contributed by atoms with Gasteiger partial charge in [0.1, 0.15) is 0 Å². The Morgan fingerprint density at radius 2 is 1.85 bits per heavy atom. The molecule has 1 N–H and O–H groups in total. The summed E-state index contributed by atoms with van der Waals surface area (Å²) in [4.78, 5) is 0. The maximum Gasteiger partial charge on any atom is 0.0187 e. The summed E-state index contributed by atoms with van der Waals surface area (Å²) in [7, 11) is 0. The van der Waals surface area contributed by atoms with Crippen molar-refractivity contribution in [1.82, 2.24) is 5.32 Å². The highest BCUT2D eigenvalue weighted by Gasteiger charge is 2.32. The SMILES string of the molecule is CCCNC1CCC(SCc2cc(C)cc(C)c2)C1C. The van der Waals surface area contributed by atoms with Gasteiger partial charge in [-0.3, -0.25) is 0 Å². The van der Waals surface area contributed by atoms with Gasteiger partial charge in [-0.1, -0.05) is 43.2 Å². The first-order valence-electron chi connectivity index (χ1n) is 8.02. The Bertz CT molecular complexity index is 409. The minimum atomic E-state index is 0.742. The highest BCUT2D eigenvalue weighted by Crippen LogP contribution is 2.36. The molecule has 0 heterocycles. The lowest BCUT2D eigenvalue weighted by Crippen LogP contribution is -2.33. The quantitative estimate of drug-likeness (QED) is 0.815. The lowest BCUT2D eigenvalue weighted by atomic mass is 10.1. The van der Waals surface area contributed by atoms with Gasteiger partial charge in [-0.2, -0.15) is 11.8 Å². The molecule has 3 atom stereocenters. The van der Waals surface area contributed by atoms with E-state index in [1.165, 1.54) is 42.5 Å². The molecule has 2 rings (SSSR count). The first kappa shape index (κ1) is 15.9. The number of hydrogen-bond donors (Lipinski definition) is 1. The summed E-state index contributed by atoms with van der Waals surface area (Å²) in [5.74, 6) is 1.97. The number of thioether (sulfide) groups is 1. The van der Waals surface area contributed by atoms with Crippen LogP contribution in [0, 0.1) is 19.8 Å².